The SMILES string of the molecule is COC(=O)CC(=O)O/C=C/c1ccc(N(C)C)c(C)c1C. The van der Waals surface area contributed by atoms with Crippen molar-refractivity contribution in [2.75, 3.05) is 26.1 Å². The van der Waals surface area contributed by atoms with Crippen LogP contribution in [0.4, 0.5) is 5.69 Å². The number of hydrogen-bond donors (Lipinski definition) is 0. The van der Waals surface area contributed by atoms with Gasteiger partial charge in [0.2, 0.25) is 0 Å². The molecular formula is C16H21NO4. The molecule has 0 radical (unpaired) electrons. The maximum Gasteiger partial charge on any atom is 0.321 e. The predicted octanol–water partition coefficient (Wildman–Crippen LogP) is 2.45. The summed E-state index contributed by atoms with van der Waals surface area (Å²) in [6.07, 6.45) is 2.61. The number of esters is 2. The van der Waals surface area contributed by atoms with Gasteiger partial charge in [-0.15, -0.1) is 0 Å². The zero-order valence-corrected chi connectivity index (χ0v) is 13.1. The summed E-state index contributed by atoms with van der Waals surface area (Å²) in [5.41, 5.74) is 4.39. The van der Waals surface area contributed by atoms with Gasteiger partial charge in [-0.2, -0.15) is 0 Å². The number of anilines is 1. The number of carbonyl (C=O) groups excluding carboxylic acids is 2. The highest BCUT2D eigenvalue weighted by molar-refractivity contribution is 5.91. The third kappa shape index (κ3) is 4.63. The van der Waals surface area contributed by atoms with Gasteiger partial charge in [0.25, 0.3) is 0 Å². The maximum absolute atomic E-state index is 11.3. The Morgan fingerprint density at radius 2 is 1.81 bits per heavy atom. The van der Waals surface area contributed by atoms with Crippen LogP contribution in [0, 0.1) is 13.8 Å². The summed E-state index contributed by atoms with van der Waals surface area (Å²) in [6.45, 7) is 4.06. The van der Waals surface area contributed by atoms with Crippen LogP contribution in [-0.4, -0.2) is 33.1 Å². The quantitative estimate of drug-likeness (QED) is 0.474. The van der Waals surface area contributed by atoms with E-state index < -0.39 is 18.4 Å². The molecule has 0 saturated carbocycles. The zero-order chi connectivity index (χ0) is 16.0. The summed E-state index contributed by atoms with van der Waals surface area (Å²) in [5.74, 6) is -1.26. The van der Waals surface area contributed by atoms with Crippen molar-refractivity contribution in [2.24, 2.45) is 0 Å². The Hall–Kier alpha value is -2.30. The molecule has 0 unspecified atom stereocenters. The van der Waals surface area contributed by atoms with Crippen molar-refractivity contribution in [3.8, 4) is 0 Å². The minimum absolute atomic E-state index is 0.390. The lowest BCUT2D eigenvalue weighted by Crippen LogP contribution is -2.11. The number of benzene rings is 1. The molecule has 0 bridgehead atoms. The summed E-state index contributed by atoms with van der Waals surface area (Å²) < 4.78 is 9.25. The van der Waals surface area contributed by atoms with Gasteiger partial charge in [0.05, 0.1) is 13.4 Å². The molecule has 0 aliphatic heterocycles. The second-order valence-electron chi connectivity index (χ2n) is 4.86. The molecule has 5 heteroatoms. The average Bonchev–Trinajstić information content (AvgIpc) is 2.42. The number of hydrogen-bond acceptors (Lipinski definition) is 5. The van der Waals surface area contributed by atoms with E-state index in [2.05, 4.69) is 4.74 Å². The fourth-order valence-corrected chi connectivity index (χ4v) is 1.91. The van der Waals surface area contributed by atoms with Crippen LogP contribution in [0.25, 0.3) is 6.08 Å². The van der Waals surface area contributed by atoms with Gasteiger partial charge >= 0.3 is 11.9 Å². The first-order valence-corrected chi connectivity index (χ1v) is 6.57. The Bertz CT molecular complexity index is 562. The minimum atomic E-state index is -0.641. The van der Waals surface area contributed by atoms with Crippen molar-refractivity contribution in [1.29, 1.82) is 0 Å². The van der Waals surface area contributed by atoms with Gasteiger partial charge in [0, 0.05) is 19.8 Å². The topological polar surface area (TPSA) is 55.8 Å². The Labute approximate surface area is 125 Å². The second-order valence-corrected chi connectivity index (χ2v) is 4.86. The minimum Gasteiger partial charge on any atom is -0.469 e. The molecule has 0 fully saturated rings. The summed E-state index contributed by atoms with van der Waals surface area (Å²) in [6, 6.07) is 3.97. The standard InChI is InChI=1S/C16H21NO4/c1-11-12(2)14(17(3)4)7-6-13(11)8-9-21-16(19)10-15(18)20-5/h6-9H,10H2,1-5H3/b9-8+. The van der Waals surface area contributed by atoms with Crippen molar-refractivity contribution < 1.29 is 19.1 Å². The van der Waals surface area contributed by atoms with E-state index in [4.69, 9.17) is 4.74 Å². The number of nitrogens with zero attached hydrogens (tertiary/aromatic N) is 1. The van der Waals surface area contributed by atoms with Gasteiger partial charge in [-0.3, -0.25) is 9.59 Å². The highest BCUT2D eigenvalue weighted by Crippen LogP contribution is 2.24. The molecule has 114 valence electrons. The molecule has 1 aromatic rings. The first-order valence-electron chi connectivity index (χ1n) is 6.57. The molecule has 5 nitrogen and oxygen atoms in total. The molecule has 21 heavy (non-hydrogen) atoms. The number of ether oxygens (including phenoxy) is 2. The van der Waals surface area contributed by atoms with Crippen molar-refractivity contribution >= 4 is 23.7 Å². The van der Waals surface area contributed by atoms with E-state index >= 15 is 0 Å². The second kappa shape index (κ2) is 7.47. The maximum atomic E-state index is 11.3. The van der Waals surface area contributed by atoms with E-state index in [1.165, 1.54) is 18.9 Å². The predicted molar refractivity (Wildman–Crippen MR) is 82.0 cm³/mol. The van der Waals surface area contributed by atoms with Gasteiger partial charge in [-0.1, -0.05) is 6.07 Å². The van der Waals surface area contributed by atoms with Gasteiger partial charge in [0.15, 0.2) is 0 Å². The van der Waals surface area contributed by atoms with Gasteiger partial charge in [0.1, 0.15) is 6.42 Å². The van der Waals surface area contributed by atoms with Crippen LogP contribution in [0.1, 0.15) is 23.1 Å². The first-order chi connectivity index (χ1) is 9.86. The molecular weight excluding hydrogens is 270 g/mol. The molecule has 0 aromatic heterocycles. The Kier molecular flexibility index (Phi) is 5.96. The van der Waals surface area contributed by atoms with Gasteiger partial charge < -0.3 is 14.4 Å². The molecule has 0 N–H and O–H groups in total. The van der Waals surface area contributed by atoms with E-state index in [9.17, 15) is 9.59 Å². The van der Waals surface area contributed by atoms with E-state index in [1.807, 2.05) is 45.0 Å². The highest BCUT2D eigenvalue weighted by atomic mass is 16.5. The monoisotopic (exact) mass is 291 g/mol. The van der Waals surface area contributed by atoms with Crippen LogP contribution in [0.2, 0.25) is 0 Å². The van der Waals surface area contributed by atoms with E-state index in [0.29, 0.717) is 0 Å². The molecule has 0 atom stereocenters. The third-order valence-electron chi connectivity index (χ3n) is 3.25. The van der Waals surface area contributed by atoms with Crippen molar-refractivity contribution in [3.63, 3.8) is 0 Å². The van der Waals surface area contributed by atoms with Crippen LogP contribution in [0.3, 0.4) is 0 Å². The largest absolute Gasteiger partial charge is 0.469 e. The first kappa shape index (κ1) is 16.8. The summed E-state index contributed by atoms with van der Waals surface area (Å²) in [7, 11) is 5.21. The van der Waals surface area contributed by atoms with Crippen molar-refractivity contribution in [3.05, 3.63) is 35.1 Å². The number of methoxy groups -OCH3 is 1. The number of rotatable bonds is 5. The van der Waals surface area contributed by atoms with E-state index in [0.717, 1.165) is 16.8 Å². The Morgan fingerprint density at radius 3 is 2.38 bits per heavy atom. The number of carbonyl (C=O) groups is 2. The Balaban J connectivity index is 2.76. The van der Waals surface area contributed by atoms with Gasteiger partial charge in [-0.05, 0) is 42.7 Å². The Morgan fingerprint density at radius 1 is 1.14 bits per heavy atom. The van der Waals surface area contributed by atoms with Crippen LogP contribution in [0.5, 0.6) is 0 Å². The summed E-state index contributed by atoms with van der Waals surface area (Å²) in [4.78, 5) is 24.3. The molecule has 0 aliphatic rings. The molecule has 0 heterocycles. The lowest BCUT2D eigenvalue weighted by molar-refractivity contribution is -0.149. The van der Waals surface area contributed by atoms with E-state index in [-0.39, 0.29) is 0 Å². The molecule has 0 aliphatic carbocycles. The van der Waals surface area contributed by atoms with Crippen molar-refractivity contribution in [2.45, 2.75) is 20.3 Å². The molecule has 0 spiro atoms. The lowest BCUT2D eigenvalue weighted by Gasteiger charge is -2.18. The fraction of sp³-hybridized carbons (Fsp3) is 0.375. The lowest BCUT2D eigenvalue weighted by atomic mass is 10.0. The molecule has 0 amide bonds. The average molecular weight is 291 g/mol. The fourth-order valence-electron chi connectivity index (χ4n) is 1.91. The smallest absolute Gasteiger partial charge is 0.321 e. The summed E-state index contributed by atoms with van der Waals surface area (Å²) >= 11 is 0. The van der Waals surface area contributed by atoms with Crippen LogP contribution < -0.4 is 4.90 Å². The molecule has 0 saturated heterocycles. The van der Waals surface area contributed by atoms with E-state index in [1.54, 1.807) is 6.08 Å². The van der Waals surface area contributed by atoms with Crippen LogP contribution in [-0.2, 0) is 19.1 Å². The van der Waals surface area contributed by atoms with Gasteiger partial charge in [-0.25, -0.2) is 0 Å². The van der Waals surface area contributed by atoms with Crippen LogP contribution in [0.15, 0.2) is 18.4 Å². The molecule has 1 rings (SSSR count). The van der Waals surface area contributed by atoms with Crippen LogP contribution >= 0.6 is 0 Å². The third-order valence-corrected chi connectivity index (χ3v) is 3.25. The summed E-state index contributed by atoms with van der Waals surface area (Å²) in [5, 5.41) is 0. The normalized spacial score (nSPS) is 10.5. The highest BCUT2D eigenvalue weighted by Gasteiger charge is 2.09. The molecule has 1 aromatic carbocycles. The zero-order valence-electron chi connectivity index (χ0n) is 13.1. The van der Waals surface area contributed by atoms with Crippen molar-refractivity contribution in [1.82, 2.24) is 0 Å².